The first kappa shape index (κ1) is 10.0. The van der Waals surface area contributed by atoms with Crippen LogP contribution in [0, 0.1) is 5.92 Å². The molecule has 1 N–H and O–H groups in total. The Labute approximate surface area is 93.3 Å². The highest BCUT2D eigenvalue weighted by Crippen LogP contribution is 2.33. The first-order chi connectivity index (χ1) is 6.75. The number of benzene rings is 1. The van der Waals surface area contributed by atoms with Gasteiger partial charge in [0.15, 0.2) is 0 Å². The van der Waals surface area contributed by atoms with Gasteiger partial charge in [0.1, 0.15) is 5.75 Å². The second-order valence-corrected chi connectivity index (χ2v) is 5.25. The highest BCUT2D eigenvalue weighted by Gasteiger charge is 2.24. The number of aromatic hydroxyl groups is 1. The molecule has 1 aliphatic carbocycles. The zero-order chi connectivity index (χ0) is 9.97. The number of phenols is 1. The minimum absolute atomic E-state index is 0.357. The molecule has 0 spiro atoms. The van der Waals surface area contributed by atoms with E-state index in [9.17, 15) is 0 Å². The Morgan fingerprint density at radius 3 is 2.50 bits per heavy atom. The monoisotopic (exact) mass is 254 g/mol. The Morgan fingerprint density at radius 1 is 1.21 bits per heavy atom. The van der Waals surface area contributed by atoms with Gasteiger partial charge in [-0.15, -0.1) is 0 Å². The van der Waals surface area contributed by atoms with Gasteiger partial charge in [-0.3, -0.25) is 0 Å². The molecule has 0 aliphatic heterocycles. The highest BCUT2D eigenvalue weighted by molar-refractivity contribution is 9.09. The molecule has 76 valence electrons. The van der Waals surface area contributed by atoms with E-state index in [2.05, 4.69) is 15.9 Å². The first-order valence-electron chi connectivity index (χ1n) is 5.17. The molecule has 1 nitrogen and oxygen atoms in total. The Morgan fingerprint density at radius 2 is 1.93 bits per heavy atom. The summed E-state index contributed by atoms with van der Waals surface area (Å²) < 4.78 is 0. The average molecular weight is 255 g/mol. The third-order valence-corrected chi connectivity index (χ3v) is 4.21. The Bertz CT molecular complexity index is 294. The van der Waals surface area contributed by atoms with Crippen LogP contribution < -0.4 is 0 Å². The number of phenolic OH excluding ortho intramolecular Hbond substituents is 1. The Hall–Kier alpha value is -0.500. The van der Waals surface area contributed by atoms with Gasteiger partial charge in [-0.2, -0.15) is 0 Å². The first-order valence-corrected chi connectivity index (χ1v) is 6.09. The van der Waals surface area contributed by atoms with E-state index in [0.29, 0.717) is 10.6 Å². The average Bonchev–Trinajstić information content (AvgIpc) is 2.56. The summed E-state index contributed by atoms with van der Waals surface area (Å²) in [5, 5.41) is 9.16. The molecule has 0 amide bonds. The van der Waals surface area contributed by atoms with Gasteiger partial charge in [-0.25, -0.2) is 0 Å². The molecule has 1 saturated carbocycles. The molecule has 14 heavy (non-hydrogen) atoms. The van der Waals surface area contributed by atoms with Crippen molar-refractivity contribution in [3.63, 3.8) is 0 Å². The quantitative estimate of drug-likeness (QED) is 0.802. The second kappa shape index (κ2) is 4.35. The number of halogens is 1. The van der Waals surface area contributed by atoms with Gasteiger partial charge in [0.05, 0.1) is 0 Å². The molecule has 0 radical (unpaired) electrons. The van der Waals surface area contributed by atoms with Crippen LogP contribution in [0.3, 0.4) is 0 Å². The number of hydrogen-bond acceptors (Lipinski definition) is 1. The molecule has 1 aliphatic rings. The summed E-state index contributed by atoms with van der Waals surface area (Å²) >= 11 is 3.73. The van der Waals surface area contributed by atoms with Crippen LogP contribution in [0.2, 0.25) is 0 Å². The van der Waals surface area contributed by atoms with E-state index in [0.717, 1.165) is 12.3 Å². The maximum Gasteiger partial charge on any atom is 0.115 e. The summed E-state index contributed by atoms with van der Waals surface area (Å²) in [5.74, 6) is 1.13. The van der Waals surface area contributed by atoms with Crippen molar-refractivity contribution in [3.8, 4) is 5.75 Å². The SMILES string of the molecule is Oc1ccc(CC2CCCC2Br)cc1. The van der Waals surface area contributed by atoms with E-state index < -0.39 is 0 Å². The van der Waals surface area contributed by atoms with Crippen LogP contribution in [-0.4, -0.2) is 9.93 Å². The lowest BCUT2D eigenvalue weighted by molar-refractivity contribution is 0.474. The molecule has 2 unspecified atom stereocenters. The van der Waals surface area contributed by atoms with Crippen LogP contribution in [0.15, 0.2) is 24.3 Å². The van der Waals surface area contributed by atoms with Gasteiger partial charge in [0, 0.05) is 4.83 Å². The van der Waals surface area contributed by atoms with Crippen LogP contribution in [0.1, 0.15) is 24.8 Å². The zero-order valence-corrected chi connectivity index (χ0v) is 9.70. The van der Waals surface area contributed by atoms with E-state index in [1.54, 1.807) is 12.1 Å². The van der Waals surface area contributed by atoms with Crippen molar-refractivity contribution in [2.75, 3.05) is 0 Å². The molecular formula is C12H15BrO. The molecule has 0 saturated heterocycles. The maximum atomic E-state index is 9.16. The van der Waals surface area contributed by atoms with Gasteiger partial charge in [-0.05, 0) is 42.9 Å². The predicted molar refractivity (Wildman–Crippen MR) is 61.9 cm³/mol. The van der Waals surface area contributed by atoms with Crippen LogP contribution in [0.5, 0.6) is 5.75 Å². The van der Waals surface area contributed by atoms with E-state index in [-0.39, 0.29) is 0 Å². The molecule has 1 aromatic carbocycles. The van der Waals surface area contributed by atoms with Crippen molar-refractivity contribution in [2.45, 2.75) is 30.5 Å². The van der Waals surface area contributed by atoms with Crippen molar-refractivity contribution in [2.24, 2.45) is 5.92 Å². The Kier molecular flexibility index (Phi) is 3.12. The normalized spacial score (nSPS) is 26.6. The van der Waals surface area contributed by atoms with Crippen LogP contribution in [-0.2, 0) is 6.42 Å². The van der Waals surface area contributed by atoms with Crippen LogP contribution >= 0.6 is 15.9 Å². The molecule has 0 heterocycles. The third kappa shape index (κ3) is 2.30. The smallest absolute Gasteiger partial charge is 0.115 e. The van der Waals surface area contributed by atoms with Crippen molar-refractivity contribution >= 4 is 15.9 Å². The minimum atomic E-state index is 0.357. The molecule has 2 heteroatoms. The zero-order valence-electron chi connectivity index (χ0n) is 8.12. The molecule has 1 fully saturated rings. The van der Waals surface area contributed by atoms with Crippen LogP contribution in [0.4, 0.5) is 0 Å². The lowest BCUT2D eigenvalue weighted by Crippen LogP contribution is -2.09. The van der Waals surface area contributed by atoms with Gasteiger partial charge in [0.25, 0.3) is 0 Å². The second-order valence-electron chi connectivity index (χ2n) is 4.08. The topological polar surface area (TPSA) is 20.2 Å². The predicted octanol–water partition coefficient (Wildman–Crippen LogP) is 3.50. The lowest BCUT2D eigenvalue weighted by atomic mass is 9.98. The molecule has 0 bridgehead atoms. The molecule has 2 atom stereocenters. The summed E-state index contributed by atoms with van der Waals surface area (Å²) in [6, 6.07) is 7.59. The fraction of sp³-hybridized carbons (Fsp3) is 0.500. The molecule has 0 aromatic heterocycles. The fourth-order valence-electron chi connectivity index (χ4n) is 2.16. The number of rotatable bonds is 2. The summed E-state index contributed by atoms with van der Waals surface area (Å²) in [6.45, 7) is 0. The van der Waals surface area contributed by atoms with Crippen molar-refractivity contribution in [1.29, 1.82) is 0 Å². The van der Waals surface area contributed by atoms with Gasteiger partial charge < -0.3 is 5.11 Å². The minimum Gasteiger partial charge on any atom is -0.508 e. The van der Waals surface area contributed by atoms with E-state index >= 15 is 0 Å². The maximum absolute atomic E-state index is 9.16. The molecular weight excluding hydrogens is 240 g/mol. The van der Waals surface area contributed by atoms with Gasteiger partial charge in [-0.1, -0.05) is 34.5 Å². The van der Waals surface area contributed by atoms with E-state index in [1.807, 2.05) is 12.1 Å². The van der Waals surface area contributed by atoms with Crippen molar-refractivity contribution < 1.29 is 5.11 Å². The standard InChI is InChI=1S/C12H15BrO/c13-12-3-1-2-10(12)8-9-4-6-11(14)7-5-9/h4-7,10,12,14H,1-3,8H2. The summed E-state index contributed by atoms with van der Waals surface area (Å²) in [5.41, 5.74) is 1.33. The summed E-state index contributed by atoms with van der Waals surface area (Å²) in [6.07, 6.45) is 5.12. The highest BCUT2D eigenvalue weighted by atomic mass is 79.9. The Balaban J connectivity index is 2.00. The van der Waals surface area contributed by atoms with Gasteiger partial charge in [0.2, 0.25) is 0 Å². The van der Waals surface area contributed by atoms with Crippen LogP contribution in [0.25, 0.3) is 0 Å². The third-order valence-electron chi connectivity index (χ3n) is 3.00. The van der Waals surface area contributed by atoms with Gasteiger partial charge >= 0.3 is 0 Å². The van der Waals surface area contributed by atoms with E-state index in [1.165, 1.54) is 24.8 Å². The van der Waals surface area contributed by atoms with Crippen molar-refractivity contribution in [3.05, 3.63) is 29.8 Å². The molecule has 1 aromatic rings. The lowest BCUT2D eigenvalue weighted by Gasteiger charge is -2.13. The van der Waals surface area contributed by atoms with Crippen molar-refractivity contribution in [1.82, 2.24) is 0 Å². The largest absolute Gasteiger partial charge is 0.508 e. The van der Waals surface area contributed by atoms with E-state index in [4.69, 9.17) is 5.11 Å². The summed E-state index contributed by atoms with van der Waals surface area (Å²) in [4.78, 5) is 0.691. The molecule has 2 rings (SSSR count). The number of hydrogen-bond donors (Lipinski definition) is 1. The summed E-state index contributed by atoms with van der Waals surface area (Å²) in [7, 11) is 0. The fourth-order valence-corrected chi connectivity index (χ4v) is 2.93. The number of alkyl halides is 1.